The maximum absolute atomic E-state index is 12.7. The summed E-state index contributed by atoms with van der Waals surface area (Å²) in [6.07, 6.45) is 1.36. The molecule has 1 aliphatic heterocycles. The van der Waals surface area contributed by atoms with E-state index in [0.29, 0.717) is 33.9 Å². The highest BCUT2D eigenvalue weighted by atomic mass is 32.1. The van der Waals surface area contributed by atoms with Gasteiger partial charge in [0.25, 0.3) is 5.91 Å². The largest absolute Gasteiger partial charge is 0.504 e. The van der Waals surface area contributed by atoms with Crippen molar-refractivity contribution in [3.05, 3.63) is 48.0 Å². The first kappa shape index (κ1) is 17.3. The number of fused-ring (bicyclic) bond motifs is 1. The summed E-state index contributed by atoms with van der Waals surface area (Å²) in [5.74, 6) is -0.947. The standard InChI is InChI=1S/C19H17N3O4S/c23-14-9-12-16(10-15(14)24)27-19(20-12)21-17(25)13-7-4-8-22(13)18(26)11-5-2-1-3-6-11/h1-3,5-6,9-10,13,23-24H,4,7-8H2,(H,20,21,25)/t13-/m0/s1. The second-order valence-electron chi connectivity index (χ2n) is 6.34. The highest BCUT2D eigenvalue weighted by molar-refractivity contribution is 7.22. The maximum atomic E-state index is 12.7. The highest BCUT2D eigenvalue weighted by Gasteiger charge is 2.34. The summed E-state index contributed by atoms with van der Waals surface area (Å²) >= 11 is 1.20. The molecule has 4 rings (SSSR count). The number of hydrogen-bond acceptors (Lipinski definition) is 6. The van der Waals surface area contributed by atoms with Crippen LogP contribution in [-0.2, 0) is 4.79 Å². The van der Waals surface area contributed by atoms with Gasteiger partial charge in [-0.05, 0) is 25.0 Å². The molecule has 0 unspecified atom stereocenters. The number of benzene rings is 2. The quantitative estimate of drug-likeness (QED) is 0.604. The van der Waals surface area contributed by atoms with Gasteiger partial charge in [-0.2, -0.15) is 0 Å². The SMILES string of the molecule is O=C(Nc1nc2cc(O)c(O)cc2s1)[C@@H]1CCCN1C(=O)c1ccccc1. The fourth-order valence-corrected chi connectivity index (χ4v) is 4.11. The van der Waals surface area contributed by atoms with E-state index in [1.165, 1.54) is 23.5 Å². The van der Waals surface area contributed by atoms with E-state index >= 15 is 0 Å². The number of carbonyl (C=O) groups is 2. The number of aromatic nitrogens is 1. The van der Waals surface area contributed by atoms with Gasteiger partial charge >= 0.3 is 0 Å². The van der Waals surface area contributed by atoms with Gasteiger partial charge in [0.15, 0.2) is 16.6 Å². The average molecular weight is 383 g/mol. The van der Waals surface area contributed by atoms with Crippen LogP contribution in [0.15, 0.2) is 42.5 Å². The van der Waals surface area contributed by atoms with Crippen LogP contribution in [0.2, 0.25) is 0 Å². The normalized spacial score (nSPS) is 16.6. The van der Waals surface area contributed by atoms with Gasteiger partial charge in [0, 0.05) is 24.2 Å². The van der Waals surface area contributed by atoms with Crippen LogP contribution < -0.4 is 5.32 Å². The van der Waals surface area contributed by atoms with Gasteiger partial charge in [0.2, 0.25) is 5.91 Å². The molecule has 2 heterocycles. The molecule has 27 heavy (non-hydrogen) atoms. The molecule has 3 N–H and O–H groups in total. The summed E-state index contributed by atoms with van der Waals surface area (Å²) in [6, 6.07) is 11.1. The number of thiazole rings is 1. The van der Waals surface area contributed by atoms with Crippen LogP contribution in [0.3, 0.4) is 0 Å². The van der Waals surface area contributed by atoms with E-state index in [-0.39, 0.29) is 23.3 Å². The number of likely N-dealkylation sites (tertiary alicyclic amines) is 1. The van der Waals surface area contributed by atoms with Crippen LogP contribution >= 0.6 is 11.3 Å². The Hall–Kier alpha value is -3.13. The third-order valence-corrected chi connectivity index (χ3v) is 5.49. The first-order chi connectivity index (χ1) is 13.0. The van der Waals surface area contributed by atoms with Crippen molar-refractivity contribution in [3.63, 3.8) is 0 Å². The molecule has 1 aliphatic rings. The van der Waals surface area contributed by atoms with E-state index in [1.807, 2.05) is 6.07 Å². The number of rotatable bonds is 3. The first-order valence-corrected chi connectivity index (χ1v) is 9.34. The third kappa shape index (κ3) is 3.31. The summed E-state index contributed by atoms with van der Waals surface area (Å²) in [5, 5.41) is 22.3. The number of amides is 2. The first-order valence-electron chi connectivity index (χ1n) is 8.52. The zero-order valence-corrected chi connectivity index (χ0v) is 15.1. The van der Waals surface area contributed by atoms with Gasteiger partial charge in [-0.1, -0.05) is 29.5 Å². The van der Waals surface area contributed by atoms with Crippen molar-refractivity contribution in [2.75, 3.05) is 11.9 Å². The Morgan fingerprint density at radius 2 is 1.89 bits per heavy atom. The molecule has 0 saturated carbocycles. The van der Waals surface area contributed by atoms with E-state index < -0.39 is 6.04 Å². The minimum atomic E-state index is -0.550. The molecule has 0 bridgehead atoms. The average Bonchev–Trinajstić information content (AvgIpc) is 3.29. The molecule has 1 aromatic heterocycles. The Morgan fingerprint density at radius 3 is 2.67 bits per heavy atom. The minimum absolute atomic E-state index is 0.160. The van der Waals surface area contributed by atoms with Crippen LogP contribution in [-0.4, -0.2) is 44.5 Å². The van der Waals surface area contributed by atoms with E-state index in [2.05, 4.69) is 10.3 Å². The lowest BCUT2D eigenvalue weighted by atomic mass is 10.1. The Labute approximate surface area is 158 Å². The number of nitrogens with one attached hydrogen (secondary N) is 1. The Morgan fingerprint density at radius 1 is 1.15 bits per heavy atom. The van der Waals surface area contributed by atoms with Crippen LogP contribution in [0.4, 0.5) is 5.13 Å². The van der Waals surface area contributed by atoms with Gasteiger partial charge in [-0.15, -0.1) is 0 Å². The van der Waals surface area contributed by atoms with Crippen LogP contribution in [0.25, 0.3) is 10.2 Å². The molecule has 0 spiro atoms. The van der Waals surface area contributed by atoms with Crippen molar-refractivity contribution < 1.29 is 19.8 Å². The number of phenols is 2. The fraction of sp³-hybridized carbons (Fsp3) is 0.211. The van der Waals surface area contributed by atoms with E-state index in [4.69, 9.17) is 0 Å². The van der Waals surface area contributed by atoms with E-state index in [0.717, 1.165) is 6.42 Å². The number of aromatic hydroxyl groups is 2. The van der Waals surface area contributed by atoms with Crippen LogP contribution in [0, 0.1) is 0 Å². The molecule has 0 aliphatic carbocycles. The number of hydrogen-bond donors (Lipinski definition) is 3. The molecule has 1 saturated heterocycles. The van der Waals surface area contributed by atoms with Crippen molar-refractivity contribution in [2.24, 2.45) is 0 Å². The van der Waals surface area contributed by atoms with Crippen molar-refractivity contribution in [3.8, 4) is 11.5 Å². The molecule has 0 radical (unpaired) electrons. The lowest BCUT2D eigenvalue weighted by molar-refractivity contribution is -0.119. The minimum Gasteiger partial charge on any atom is -0.504 e. The monoisotopic (exact) mass is 383 g/mol. The smallest absolute Gasteiger partial charge is 0.254 e. The topological polar surface area (TPSA) is 103 Å². The molecule has 2 aromatic carbocycles. The predicted molar refractivity (Wildman–Crippen MR) is 102 cm³/mol. The second-order valence-corrected chi connectivity index (χ2v) is 7.37. The van der Waals surface area contributed by atoms with Crippen molar-refractivity contribution in [2.45, 2.75) is 18.9 Å². The van der Waals surface area contributed by atoms with Crippen molar-refractivity contribution >= 4 is 38.5 Å². The second kappa shape index (κ2) is 6.88. The van der Waals surface area contributed by atoms with Crippen molar-refractivity contribution in [1.82, 2.24) is 9.88 Å². The zero-order valence-electron chi connectivity index (χ0n) is 14.3. The summed E-state index contributed by atoms with van der Waals surface area (Å²) in [4.78, 5) is 31.3. The highest BCUT2D eigenvalue weighted by Crippen LogP contribution is 2.35. The maximum Gasteiger partial charge on any atom is 0.254 e. The van der Waals surface area contributed by atoms with Gasteiger partial charge < -0.3 is 20.4 Å². The number of nitrogens with zero attached hydrogens (tertiary/aromatic N) is 2. The summed E-state index contributed by atoms with van der Waals surface area (Å²) in [5.41, 5.74) is 1.04. The fourth-order valence-electron chi connectivity index (χ4n) is 3.22. The molecular weight excluding hydrogens is 366 g/mol. The molecule has 1 fully saturated rings. The summed E-state index contributed by atoms with van der Waals surface area (Å²) < 4.78 is 0.643. The van der Waals surface area contributed by atoms with E-state index in [9.17, 15) is 19.8 Å². The van der Waals surface area contributed by atoms with Gasteiger partial charge in [0.1, 0.15) is 6.04 Å². The molecular formula is C19H17N3O4S. The van der Waals surface area contributed by atoms with Crippen LogP contribution in [0.1, 0.15) is 23.2 Å². The number of carbonyl (C=O) groups excluding carboxylic acids is 2. The summed E-state index contributed by atoms with van der Waals surface area (Å²) in [7, 11) is 0. The number of phenolic OH excluding ortho intramolecular Hbond substituents is 2. The molecule has 1 atom stereocenters. The molecule has 138 valence electrons. The van der Waals surface area contributed by atoms with Crippen LogP contribution in [0.5, 0.6) is 11.5 Å². The Balaban J connectivity index is 1.53. The lowest BCUT2D eigenvalue weighted by Crippen LogP contribution is -2.43. The molecule has 2 amide bonds. The predicted octanol–water partition coefficient (Wildman–Crippen LogP) is 2.95. The van der Waals surface area contributed by atoms with E-state index in [1.54, 1.807) is 29.2 Å². The number of anilines is 1. The molecule has 3 aromatic rings. The van der Waals surface area contributed by atoms with Gasteiger partial charge in [-0.25, -0.2) is 4.98 Å². The molecule has 8 heteroatoms. The van der Waals surface area contributed by atoms with Gasteiger partial charge in [-0.3, -0.25) is 9.59 Å². The Bertz CT molecular complexity index is 979. The van der Waals surface area contributed by atoms with Gasteiger partial charge in [0.05, 0.1) is 10.2 Å². The zero-order chi connectivity index (χ0) is 19.0. The summed E-state index contributed by atoms with van der Waals surface area (Å²) in [6.45, 7) is 0.535. The molecule has 7 nitrogen and oxygen atoms in total. The third-order valence-electron chi connectivity index (χ3n) is 4.55. The Kier molecular flexibility index (Phi) is 4.41. The van der Waals surface area contributed by atoms with Crippen molar-refractivity contribution in [1.29, 1.82) is 0 Å². The lowest BCUT2D eigenvalue weighted by Gasteiger charge is -2.23.